The minimum absolute atomic E-state index is 0.0629. The van der Waals surface area contributed by atoms with E-state index in [2.05, 4.69) is 32.8 Å². The number of carbonyl (C=O) groups is 1. The Morgan fingerprint density at radius 1 is 1.47 bits per heavy atom. The van der Waals surface area contributed by atoms with Crippen molar-refractivity contribution in [1.29, 1.82) is 0 Å². The predicted octanol–water partition coefficient (Wildman–Crippen LogP) is 0.606. The number of hydrogen-bond donors (Lipinski definition) is 4. The maximum Gasteiger partial charge on any atom is 0.321 e. The zero-order valence-electron chi connectivity index (χ0n) is 8.86. The topological polar surface area (TPSA) is 95.8 Å². The van der Waals surface area contributed by atoms with Crippen LogP contribution in [0.2, 0.25) is 0 Å². The lowest BCUT2D eigenvalue weighted by Crippen LogP contribution is -2.41. The summed E-state index contributed by atoms with van der Waals surface area (Å²) in [6, 6.07) is 7.18. The predicted molar refractivity (Wildman–Crippen MR) is 68.3 cm³/mol. The van der Waals surface area contributed by atoms with Crippen molar-refractivity contribution in [2.24, 2.45) is 5.73 Å². The third-order valence-electron chi connectivity index (χ3n) is 2.09. The first-order chi connectivity index (χ1) is 8.15. The van der Waals surface area contributed by atoms with Crippen LogP contribution in [0.3, 0.4) is 0 Å². The van der Waals surface area contributed by atoms with Gasteiger partial charge < -0.3 is 16.0 Å². The summed E-state index contributed by atoms with van der Waals surface area (Å²) < 4.78 is 0. The minimum Gasteiger partial charge on any atom is -0.376 e. The van der Waals surface area contributed by atoms with Crippen LogP contribution in [0.4, 0.5) is 4.79 Å². The van der Waals surface area contributed by atoms with E-state index in [4.69, 9.17) is 5.73 Å². The zero-order valence-corrected chi connectivity index (χ0v) is 9.67. The van der Waals surface area contributed by atoms with Crippen LogP contribution >= 0.6 is 12.2 Å². The lowest BCUT2D eigenvalue weighted by Gasteiger charge is -2.03. The third-order valence-corrected chi connectivity index (χ3v) is 2.19. The minimum atomic E-state index is -0.446. The molecule has 0 aliphatic rings. The van der Waals surface area contributed by atoms with Crippen molar-refractivity contribution in [3.63, 3.8) is 0 Å². The zero-order chi connectivity index (χ0) is 12.3. The fourth-order valence-corrected chi connectivity index (χ4v) is 1.50. The van der Waals surface area contributed by atoms with Gasteiger partial charge in [0.15, 0.2) is 5.11 Å². The summed E-state index contributed by atoms with van der Waals surface area (Å²) in [5.41, 5.74) is 6.95. The highest BCUT2D eigenvalue weighted by molar-refractivity contribution is 7.80. The van der Waals surface area contributed by atoms with E-state index in [0.717, 1.165) is 11.0 Å². The quantitative estimate of drug-likeness (QED) is 0.586. The highest BCUT2D eigenvalue weighted by Gasteiger charge is 2.04. The molecule has 7 heteroatoms. The summed E-state index contributed by atoms with van der Waals surface area (Å²) >= 11 is 4.54. The molecule has 2 aromatic rings. The molecule has 0 saturated heterocycles. The van der Waals surface area contributed by atoms with Crippen LogP contribution in [0, 0.1) is 0 Å². The van der Waals surface area contributed by atoms with Gasteiger partial charge in [-0.1, -0.05) is 12.1 Å². The monoisotopic (exact) mass is 249 g/mol. The number of H-pyrrole nitrogens is 1. The fraction of sp³-hybridized carbons (Fsp3) is 0.100. The number of thiocarbonyl (C=S) groups is 1. The van der Waals surface area contributed by atoms with E-state index in [-0.39, 0.29) is 11.7 Å². The molecule has 0 aliphatic heterocycles. The molecule has 0 saturated carbocycles. The summed E-state index contributed by atoms with van der Waals surface area (Å²) in [5, 5.41) is 4.78. The largest absolute Gasteiger partial charge is 0.376 e. The molecule has 2 amide bonds. The molecule has 17 heavy (non-hydrogen) atoms. The Kier molecular flexibility index (Phi) is 3.20. The molecule has 88 valence electrons. The van der Waals surface area contributed by atoms with Crippen molar-refractivity contribution in [2.75, 3.05) is 0 Å². The van der Waals surface area contributed by atoms with E-state index >= 15 is 0 Å². The summed E-state index contributed by atoms with van der Waals surface area (Å²) in [4.78, 5) is 18.6. The molecule has 0 atom stereocenters. The summed E-state index contributed by atoms with van der Waals surface area (Å²) in [7, 11) is 0. The van der Waals surface area contributed by atoms with Crippen molar-refractivity contribution < 1.29 is 4.79 Å². The number of rotatable bonds is 2. The maximum atomic E-state index is 11.2. The molecule has 0 radical (unpaired) electrons. The Morgan fingerprint density at radius 2 is 2.24 bits per heavy atom. The smallest absolute Gasteiger partial charge is 0.321 e. The van der Waals surface area contributed by atoms with E-state index in [1.807, 2.05) is 24.3 Å². The van der Waals surface area contributed by atoms with Gasteiger partial charge in [-0.2, -0.15) is 0 Å². The van der Waals surface area contributed by atoms with Gasteiger partial charge in [-0.25, -0.2) is 9.78 Å². The number of para-hydroxylation sites is 2. The maximum absolute atomic E-state index is 11.2. The SMILES string of the molecule is NC(=S)NC(=O)NCc1nc2ccccc2[nH]1. The highest BCUT2D eigenvalue weighted by Crippen LogP contribution is 2.09. The molecular formula is C10H11N5OS. The highest BCUT2D eigenvalue weighted by atomic mass is 32.1. The Bertz CT molecular complexity index is 532. The van der Waals surface area contributed by atoms with E-state index in [1.54, 1.807) is 0 Å². The number of amides is 2. The molecule has 1 aromatic carbocycles. The normalized spacial score (nSPS) is 10.1. The number of urea groups is 1. The number of hydrogen-bond acceptors (Lipinski definition) is 3. The average Bonchev–Trinajstić information content (AvgIpc) is 2.68. The van der Waals surface area contributed by atoms with E-state index in [0.29, 0.717) is 5.82 Å². The molecule has 0 spiro atoms. The average molecular weight is 249 g/mol. The molecule has 0 aliphatic carbocycles. The second-order valence-corrected chi connectivity index (χ2v) is 3.81. The Morgan fingerprint density at radius 3 is 2.94 bits per heavy atom. The van der Waals surface area contributed by atoms with Gasteiger partial charge in [0, 0.05) is 0 Å². The molecule has 0 unspecified atom stereocenters. The number of fused-ring (bicyclic) bond motifs is 1. The first kappa shape index (κ1) is 11.3. The number of benzene rings is 1. The van der Waals surface area contributed by atoms with Crippen LogP contribution in [0.25, 0.3) is 11.0 Å². The van der Waals surface area contributed by atoms with Crippen LogP contribution in [0.1, 0.15) is 5.82 Å². The molecular weight excluding hydrogens is 238 g/mol. The molecule has 2 rings (SSSR count). The molecule has 1 heterocycles. The Labute approximate surface area is 103 Å². The van der Waals surface area contributed by atoms with Gasteiger partial charge in [0.2, 0.25) is 0 Å². The number of carbonyl (C=O) groups excluding carboxylic acids is 1. The first-order valence-electron chi connectivity index (χ1n) is 4.93. The molecule has 5 N–H and O–H groups in total. The van der Waals surface area contributed by atoms with Crippen LogP contribution in [-0.2, 0) is 6.54 Å². The van der Waals surface area contributed by atoms with E-state index in [1.165, 1.54) is 0 Å². The van der Waals surface area contributed by atoms with Crippen molar-refractivity contribution in [3.8, 4) is 0 Å². The van der Waals surface area contributed by atoms with Crippen LogP contribution in [0.15, 0.2) is 24.3 Å². The number of aromatic nitrogens is 2. The van der Waals surface area contributed by atoms with Crippen molar-refractivity contribution in [1.82, 2.24) is 20.6 Å². The van der Waals surface area contributed by atoms with E-state index in [9.17, 15) is 4.79 Å². The number of aromatic amines is 1. The van der Waals surface area contributed by atoms with Gasteiger partial charge >= 0.3 is 6.03 Å². The van der Waals surface area contributed by atoms with Gasteiger partial charge in [0.05, 0.1) is 17.6 Å². The molecule has 1 aromatic heterocycles. The first-order valence-corrected chi connectivity index (χ1v) is 5.34. The standard InChI is InChI=1S/C10H11N5OS/c11-9(17)15-10(16)12-5-8-13-6-3-1-2-4-7(6)14-8/h1-4H,5H2,(H,13,14)(H4,11,12,15,16,17). The number of nitrogens with one attached hydrogen (secondary N) is 3. The molecule has 0 bridgehead atoms. The molecule has 6 nitrogen and oxygen atoms in total. The van der Waals surface area contributed by atoms with Gasteiger partial charge in [-0.15, -0.1) is 0 Å². The fourth-order valence-electron chi connectivity index (χ4n) is 1.41. The van der Waals surface area contributed by atoms with Crippen molar-refractivity contribution in [2.45, 2.75) is 6.54 Å². The van der Waals surface area contributed by atoms with Crippen molar-refractivity contribution >= 4 is 34.4 Å². The summed E-state index contributed by atoms with van der Waals surface area (Å²) in [5.74, 6) is 0.671. The number of nitrogens with zero attached hydrogens (tertiary/aromatic N) is 1. The number of imidazole rings is 1. The second-order valence-electron chi connectivity index (χ2n) is 3.37. The van der Waals surface area contributed by atoms with Gasteiger partial charge in [-0.05, 0) is 24.4 Å². The van der Waals surface area contributed by atoms with Crippen LogP contribution in [-0.4, -0.2) is 21.1 Å². The van der Waals surface area contributed by atoms with Crippen LogP contribution < -0.4 is 16.4 Å². The molecule has 0 fully saturated rings. The lowest BCUT2D eigenvalue weighted by atomic mass is 10.3. The summed E-state index contributed by atoms with van der Waals surface area (Å²) in [6.07, 6.45) is 0. The van der Waals surface area contributed by atoms with Gasteiger partial charge in [0.25, 0.3) is 0 Å². The van der Waals surface area contributed by atoms with Crippen molar-refractivity contribution in [3.05, 3.63) is 30.1 Å². The van der Waals surface area contributed by atoms with Gasteiger partial charge in [-0.3, -0.25) is 5.32 Å². The Hall–Kier alpha value is -2.15. The van der Waals surface area contributed by atoms with E-state index < -0.39 is 6.03 Å². The summed E-state index contributed by atoms with van der Waals surface area (Å²) in [6.45, 7) is 0.281. The Balaban J connectivity index is 1.99. The van der Waals surface area contributed by atoms with Crippen LogP contribution in [0.5, 0.6) is 0 Å². The second kappa shape index (κ2) is 4.79. The number of nitrogens with two attached hydrogens (primary N) is 1. The van der Waals surface area contributed by atoms with Gasteiger partial charge in [0.1, 0.15) is 5.82 Å². The lowest BCUT2D eigenvalue weighted by molar-refractivity contribution is 0.245. The third kappa shape index (κ3) is 2.91.